The van der Waals surface area contributed by atoms with Crippen LogP contribution in [0, 0.1) is 5.82 Å². The van der Waals surface area contributed by atoms with Gasteiger partial charge in [-0.2, -0.15) is 0 Å². The van der Waals surface area contributed by atoms with Gasteiger partial charge < -0.3 is 15.0 Å². The lowest BCUT2D eigenvalue weighted by atomic mass is 10.1. The number of anilines is 1. The van der Waals surface area contributed by atoms with Crippen LogP contribution >= 0.6 is 0 Å². The van der Waals surface area contributed by atoms with Crippen molar-refractivity contribution in [3.05, 3.63) is 59.9 Å². The number of likely N-dealkylation sites (N-methyl/N-ethyl adjacent to an activating group) is 1. The summed E-state index contributed by atoms with van der Waals surface area (Å²) in [6, 6.07) is 11.2. The Morgan fingerprint density at radius 2 is 1.75 bits per heavy atom. The minimum atomic E-state index is -3.86. The van der Waals surface area contributed by atoms with Crippen molar-refractivity contribution in [1.29, 1.82) is 0 Å². The van der Waals surface area contributed by atoms with E-state index >= 15 is 0 Å². The van der Waals surface area contributed by atoms with Gasteiger partial charge in [0.05, 0.1) is 19.1 Å². The van der Waals surface area contributed by atoms with Crippen molar-refractivity contribution in [3.8, 4) is 5.75 Å². The number of hydrogen-bond donors (Lipinski definition) is 1. The molecule has 0 bridgehead atoms. The highest BCUT2D eigenvalue weighted by molar-refractivity contribution is 7.92. The molecule has 0 aliphatic carbocycles. The van der Waals surface area contributed by atoms with Crippen LogP contribution in [0.4, 0.5) is 10.1 Å². The van der Waals surface area contributed by atoms with Gasteiger partial charge >= 0.3 is 0 Å². The Morgan fingerprint density at radius 1 is 1.12 bits per heavy atom. The zero-order chi connectivity index (χ0) is 23.9. The van der Waals surface area contributed by atoms with Crippen LogP contribution in [0.3, 0.4) is 0 Å². The third-order valence-electron chi connectivity index (χ3n) is 4.93. The SMILES string of the molecule is CC[C@@H](C(=O)NC)N(Cc1ccc(F)cc1)C(=O)CN(c1ccccc1OC)S(C)(=O)=O. The predicted molar refractivity (Wildman–Crippen MR) is 120 cm³/mol. The van der Waals surface area contributed by atoms with Crippen LogP contribution in [0.1, 0.15) is 18.9 Å². The molecule has 10 heteroatoms. The molecule has 0 fully saturated rings. The Kier molecular flexibility index (Phi) is 8.59. The number of sulfonamides is 1. The van der Waals surface area contributed by atoms with Crippen LogP contribution in [0.15, 0.2) is 48.5 Å². The van der Waals surface area contributed by atoms with E-state index in [4.69, 9.17) is 4.74 Å². The van der Waals surface area contributed by atoms with Gasteiger partial charge in [0.15, 0.2) is 0 Å². The molecule has 0 unspecified atom stereocenters. The number of halogens is 1. The average Bonchev–Trinajstić information content (AvgIpc) is 2.77. The van der Waals surface area contributed by atoms with E-state index in [2.05, 4.69) is 5.32 Å². The Morgan fingerprint density at radius 3 is 2.28 bits per heavy atom. The number of amides is 2. The molecule has 2 aromatic rings. The summed E-state index contributed by atoms with van der Waals surface area (Å²) < 4.78 is 44.7. The maximum Gasteiger partial charge on any atom is 0.244 e. The van der Waals surface area contributed by atoms with Crippen LogP contribution in [0.2, 0.25) is 0 Å². The number of benzene rings is 2. The smallest absolute Gasteiger partial charge is 0.244 e. The van der Waals surface area contributed by atoms with Crippen molar-refractivity contribution in [3.63, 3.8) is 0 Å². The maximum absolute atomic E-state index is 13.4. The van der Waals surface area contributed by atoms with Gasteiger partial charge in [0.25, 0.3) is 0 Å². The molecule has 0 aromatic heterocycles. The molecule has 2 aromatic carbocycles. The summed E-state index contributed by atoms with van der Waals surface area (Å²) in [5.41, 5.74) is 0.811. The molecule has 1 atom stereocenters. The van der Waals surface area contributed by atoms with E-state index in [1.54, 1.807) is 25.1 Å². The van der Waals surface area contributed by atoms with E-state index < -0.39 is 34.3 Å². The van der Waals surface area contributed by atoms with Gasteiger partial charge in [0.2, 0.25) is 21.8 Å². The van der Waals surface area contributed by atoms with Gasteiger partial charge in [-0.1, -0.05) is 31.2 Å². The fourth-order valence-electron chi connectivity index (χ4n) is 3.30. The predicted octanol–water partition coefficient (Wildman–Crippen LogP) is 2.15. The fraction of sp³-hybridized carbons (Fsp3) is 0.364. The summed E-state index contributed by atoms with van der Waals surface area (Å²) in [4.78, 5) is 27.2. The number of methoxy groups -OCH3 is 1. The highest BCUT2D eigenvalue weighted by Gasteiger charge is 2.32. The van der Waals surface area contributed by atoms with Gasteiger partial charge in [-0.15, -0.1) is 0 Å². The lowest BCUT2D eigenvalue weighted by molar-refractivity contribution is -0.140. The van der Waals surface area contributed by atoms with Crippen molar-refractivity contribution in [2.24, 2.45) is 0 Å². The quantitative estimate of drug-likeness (QED) is 0.580. The number of ether oxygens (including phenoxy) is 1. The van der Waals surface area contributed by atoms with Crippen LogP contribution in [-0.2, 0) is 26.2 Å². The van der Waals surface area contributed by atoms with E-state index in [1.165, 1.54) is 49.4 Å². The molecule has 32 heavy (non-hydrogen) atoms. The molecule has 0 spiro atoms. The second-order valence-corrected chi connectivity index (χ2v) is 9.03. The van der Waals surface area contributed by atoms with E-state index in [0.29, 0.717) is 12.0 Å². The molecule has 8 nitrogen and oxygen atoms in total. The zero-order valence-electron chi connectivity index (χ0n) is 18.5. The summed E-state index contributed by atoms with van der Waals surface area (Å²) in [5, 5.41) is 2.54. The Hall–Kier alpha value is -3.14. The van der Waals surface area contributed by atoms with Crippen molar-refractivity contribution in [2.75, 3.05) is 31.3 Å². The third-order valence-corrected chi connectivity index (χ3v) is 6.06. The molecular formula is C22H28FN3O5S. The molecule has 0 saturated heterocycles. The van der Waals surface area contributed by atoms with Gasteiger partial charge in [-0.3, -0.25) is 13.9 Å². The second-order valence-electron chi connectivity index (χ2n) is 7.13. The average molecular weight is 466 g/mol. The van der Waals surface area contributed by atoms with E-state index in [-0.39, 0.29) is 23.9 Å². The maximum atomic E-state index is 13.4. The summed E-state index contributed by atoms with van der Waals surface area (Å²) in [5.74, 6) is -1.11. The van der Waals surface area contributed by atoms with E-state index in [0.717, 1.165) is 10.6 Å². The lowest BCUT2D eigenvalue weighted by Crippen LogP contribution is -2.51. The Bertz CT molecular complexity index is 1040. The number of rotatable bonds is 10. The number of nitrogens with one attached hydrogen (secondary N) is 1. The summed E-state index contributed by atoms with van der Waals surface area (Å²) in [6.07, 6.45) is 1.30. The molecule has 0 aliphatic rings. The van der Waals surface area contributed by atoms with Gasteiger partial charge in [0, 0.05) is 13.6 Å². The first-order valence-electron chi connectivity index (χ1n) is 9.98. The fourth-order valence-corrected chi connectivity index (χ4v) is 4.16. The largest absolute Gasteiger partial charge is 0.495 e. The van der Waals surface area contributed by atoms with Crippen LogP contribution < -0.4 is 14.4 Å². The van der Waals surface area contributed by atoms with Crippen LogP contribution in [-0.4, -0.2) is 58.1 Å². The summed E-state index contributed by atoms with van der Waals surface area (Å²) in [7, 11) is -0.995. The first-order valence-corrected chi connectivity index (χ1v) is 11.8. The van der Waals surface area contributed by atoms with Crippen molar-refractivity contribution in [2.45, 2.75) is 25.9 Å². The van der Waals surface area contributed by atoms with Crippen molar-refractivity contribution >= 4 is 27.5 Å². The lowest BCUT2D eigenvalue weighted by Gasteiger charge is -2.32. The van der Waals surface area contributed by atoms with Gasteiger partial charge in [-0.05, 0) is 36.2 Å². The van der Waals surface area contributed by atoms with Gasteiger partial charge in [0.1, 0.15) is 24.2 Å². The monoisotopic (exact) mass is 465 g/mol. The minimum Gasteiger partial charge on any atom is -0.495 e. The van der Waals surface area contributed by atoms with Crippen LogP contribution in [0.5, 0.6) is 5.75 Å². The second kappa shape index (κ2) is 10.9. The standard InChI is InChI=1S/C22H28FN3O5S/c1-5-18(22(28)24-2)25(14-16-10-12-17(23)13-11-16)21(27)15-26(32(4,29)30)19-8-6-7-9-20(19)31-3/h6-13,18H,5,14-15H2,1-4H3,(H,24,28)/t18-/m0/s1. The number of carbonyl (C=O) groups excluding carboxylic acids is 2. The third kappa shape index (κ3) is 6.19. The Labute approximate surface area is 188 Å². The molecule has 1 N–H and O–H groups in total. The van der Waals surface area contributed by atoms with E-state index in [1.807, 2.05) is 0 Å². The highest BCUT2D eigenvalue weighted by atomic mass is 32.2. The number of nitrogens with zero attached hydrogens (tertiary/aromatic N) is 2. The molecule has 0 aliphatic heterocycles. The number of hydrogen-bond acceptors (Lipinski definition) is 5. The first kappa shape index (κ1) is 25.1. The molecule has 0 radical (unpaired) electrons. The highest BCUT2D eigenvalue weighted by Crippen LogP contribution is 2.29. The topological polar surface area (TPSA) is 96.0 Å². The zero-order valence-corrected chi connectivity index (χ0v) is 19.4. The summed E-state index contributed by atoms with van der Waals surface area (Å²) in [6.45, 7) is 1.22. The number of carbonyl (C=O) groups is 2. The molecule has 0 heterocycles. The first-order chi connectivity index (χ1) is 15.1. The molecule has 0 saturated carbocycles. The van der Waals surface area contributed by atoms with Gasteiger partial charge in [-0.25, -0.2) is 12.8 Å². The molecular weight excluding hydrogens is 437 g/mol. The molecule has 2 rings (SSSR count). The molecule has 174 valence electrons. The van der Waals surface area contributed by atoms with Crippen LogP contribution in [0.25, 0.3) is 0 Å². The van der Waals surface area contributed by atoms with E-state index in [9.17, 15) is 22.4 Å². The Balaban J connectivity index is 2.45. The number of para-hydroxylation sites is 2. The molecule has 2 amide bonds. The van der Waals surface area contributed by atoms with Crippen molar-refractivity contribution in [1.82, 2.24) is 10.2 Å². The summed E-state index contributed by atoms with van der Waals surface area (Å²) >= 11 is 0. The van der Waals surface area contributed by atoms with Crippen molar-refractivity contribution < 1.29 is 27.1 Å². The normalized spacial score (nSPS) is 12.0. The minimum absolute atomic E-state index is 0.00850.